The van der Waals surface area contributed by atoms with Gasteiger partial charge in [-0.05, 0) is 24.1 Å². The van der Waals surface area contributed by atoms with Gasteiger partial charge in [0.25, 0.3) is 0 Å². The number of ether oxygens (including phenoxy) is 1. The van der Waals surface area contributed by atoms with E-state index in [4.69, 9.17) is 4.74 Å². The van der Waals surface area contributed by atoms with Gasteiger partial charge in [0.2, 0.25) is 0 Å². The van der Waals surface area contributed by atoms with E-state index in [2.05, 4.69) is 22.5 Å². The second-order valence-electron chi connectivity index (χ2n) is 4.44. The molecule has 0 heterocycles. The third kappa shape index (κ3) is 7.09. The summed E-state index contributed by atoms with van der Waals surface area (Å²) >= 11 is 0. The first kappa shape index (κ1) is 16.4. The van der Waals surface area contributed by atoms with Crippen LogP contribution in [-0.4, -0.2) is 32.8 Å². The molecule has 0 bridgehead atoms. The Balaban J connectivity index is 2.18. The van der Waals surface area contributed by atoms with E-state index in [-0.39, 0.29) is 5.82 Å². The molecule has 0 saturated carbocycles. The van der Waals surface area contributed by atoms with Gasteiger partial charge < -0.3 is 15.4 Å². The van der Waals surface area contributed by atoms with E-state index in [1.54, 1.807) is 19.2 Å². The average molecular weight is 281 g/mol. The molecule has 0 spiro atoms. The molecule has 0 amide bonds. The van der Waals surface area contributed by atoms with Gasteiger partial charge in [0.1, 0.15) is 5.82 Å². The van der Waals surface area contributed by atoms with Crippen LogP contribution in [0.15, 0.2) is 29.3 Å². The van der Waals surface area contributed by atoms with Gasteiger partial charge in [0, 0.05) is 26.7 Å². The van der Waals surface area contributed by atoms with Crippen molar-refractivity contribution in [3.8, 4) is 0 Å². The minimum Gasteiger partial charge on any atom is -0.380 e. The monoisotopic (exact) mass is 281 g/mol. The summed E-state index contributed by atoms with van der Waals surface area (Å²) in [4.78, 5) is 4.12. The largest absolute Gasteiger partial charge is 0.380 e. The number of aliphatic imine (C=N–C) groups is 1. The predicted octanol–water partition coefficient (Wildman–Crippen LogP) is 2.31. The molecule has 0 aliphatic heterocycles. The van der Waals surface area contributed by atoms with Gasteiger partial charge in [-0.25, -0.2) is 4.39 Å². The lowest BCUT2D eigenvalue weighted by Gasteiger charge is -2.12. The number of nitrogens with zero attached hydrogens (tertiary/aromatic N) is 1. The molecular formula is C15H24FN3O. The summed E-state index contributed by atoms with van der Waals surface area (Å²) in [5.74, 6) is 0.494. The van der Waals surface area contributed by atoms with Gasteiger partial charge in [0.05, 0.1) is 6.61 Å². The Morgan fingerprint density at radius 3 is 2.60 bits per heavy atom. The summed E-state index contributed by atoms with van der Waals surface area (Å²) in [6, 6.07) is 6.41. The van der Waals surface area contributed by atoms with Crippen molar-refractivity contribution >= 4 is 5.96 Å². The lowest BCUT2D eigenvalue weighted by atomic mass is 10.2. The quantitative estimate of drug-likeness (QED) is 0.437. The van der Waals surface area contributed by atoms with Gasteiger partial charge in [0.15, 0.2) is 5.96 Å². The van der Waals surface area contributed by atoms with Crippen molar-refractivity contribution in [2.45, 2.75) is 26.3 Å². The molecule has 112 valence electrons. The molecule has 0 radical (unpaired) electrons. The van der Waals surface area contributed by atoms with Crippen molar-refractivity contribution < 1.29 is 9.13 Å². The standard InChI is InChI=1S/C15H24FN3O/c1-3-4-10-20-11-9-18-15(17-2)19-12-13-5-7-14(16)8-6-13/h5-8H,3-4,9-12H2,1-2H3,(H2,17,18,19). The van der Waals surface area contributed by atoms with Gasteiger partial charge >= 0.3 is 0 Å². The highest BCUT2D eigenvalue weighted by Gasteiger charge is 1.98. The molecule has 1 rings (SSSR count). The Bertz CT molecular complexity index is 393. The van der Waals surface area contributed by atoms with E-state index < -0.39 is 0 Å². The summed E-state index contributed by atoms with van der Waals surface area (Å²) in [6.07, 6.45) is 2.24. The first-order chi connectivity index (χ1) is 9.76. The summed E-state index contributed by atoms with van der Waals surface area (Å²) in [6.45, 7) is 4.93. The summed E-state index contributed by atoms with van der Waals surface area (Å²) in [5, 5.41) is 6.34. The topological polar surface area (TPSA) is 45.6 Å². The maximum Gasteiger partial charge on any atom is 0.191 e. The molecule has 2 N–H and O–H groups in total. The third-order valence-corrected chi connectivity index (χ3v) is 2.78. The Morgan fingerprint density at radius 1 is 1.20 bits per heavy atom. The van der Waals surface area contributed by atoms with Crippen molar-refractivity contribution in [3.05, 3.63) is 35.6 Å². The van der Waals surface area contributed by atoms with Crippen LogP contribution in [-0.2, 0) is 11.3 Å². The predicted molar refractivity (Wildman–Crippen MR) is 80.3 cm³/mol. The fourth-order valence-electron chi connectivity index (χ4n) is 1.60. The SMILES string of the molecule is CCCCOCCNC(=NC)NCc1ccc(F)cc1. The number of halogens is 1. The first-order valence-corrected chi connectivity index (χ1v) is 7.03. The van der Waals surface area contributed by atoms with Crippen molar-refractivity contribution in [1.29, 1.82) is 0 Å². The van der Waals surface area contributed by atoms with Crippen LogP contribution in [0.3, 0.4) is 0 Å². The van der Waals surface area contributed by atoms with E-state index in [1.807, 2.05) is 0 Å². The van der Waals surface area contributed by atoms with Crippen LogP contribution < -0.4 is 10.6 Å². The highest BCUT2D eigenvalue weighted by atomic mass is 19.1. The maximum absolute atomic E-state index is 12.8. The number of hydrogen-bond acceptors (Lipinski definition) is 2. The summed E-state index contributed by atoms with van der Waals surface area (Å²) in [7, 11) is 1.72. The highest BCUT2D eigenvalue weighted by molar-refractivity contribution is 5.79. The van der Waals surface area contributed by atoms with Crippen molar-refractivity contribution in [2.24, 2.45) is 4.99 Å². The lowest BCUT2D eigenvalue weighted by Crippen LogP contribution is -2.38. The second-order valence-corrected chi connectivity index (χ2v) is 4.44. The molecule has 20 heavy (non-hydrogen) atoms. The van der Waals surface area contributed by atoms with Crippen LogP contribution in [0.2, 0.25) is 0 Å². The van der Waals surface area contributed by atoms with E-state index in [9.17, 15) is 4.39 Å². The molecule has 4 nitrogen and oxygen atoms in total. The zero-order valence-electron chi connectivity index (χ0n) is 12.3. The number of unbranched alkanes of at least 4 members (excludes halogenated alkanes) is 1. The van der Waals surface area contributed by atoms with Gasteiger partial charge in [-0.1, -0.05) is 25.5 Å². The molecule has 1 aromatic carbocycles. The van der Waals surface area contributed by atoms with E-state index in [1.165, 1.54) is 12.1 Å². The van der Waals surface area contributed by atoms with E-state index >= 15 is 0 Å². The number of nitrogens with one attached hydrogen (secondary N) is 2. The molecular weight excluding hydrogens is 257 g/mol. The Hall–Kier alpha value is -1.62. The van der Waals surface area contributed by atoms with Crippen LogP contribution >= 0.6 is 0 Å². The number of guanidine groups is 1. The van der Waals surface area contributed by atoms with Crippen LogP contribution in [0.25, 0.3) is 0 Å². The average Bonchev–Trinajstić information content (AvgIpc) is 2.47. The van der Waals surface area contributed by atoms with Gasteiger partial charge in [-0.15, -0.1) is 0 Å². The molecule has 0 fully saturated rings. The summed E-state index contributed by atoms with van der Waals surface area (Å²) < 4.78 is 18.2. The minimum absolute atomic E-state index is 0.222. The lowest BCUT2D eigenvalue weighted by molar-refractivity contribution is 0.136. The Labute approximate surface area is 120 Å². The fourth-order valence-corrected chi connectivity index (χ4v) is 1.60. The molecule has 0 saturated heterocycles. The molecule has 0 aliphatic carbocycles. The van der Waals surface area contributed by atoms with Crippen LogP contribution in [0.1, 0.15) is 25.3 Å². The molecule has 5 heteroatoms. The van der Waals surface area contributed by atoms with Crippen molar-refractivity contribution in [2.75, 3.05) is 26.8 Å². The zero-order chi connectivity index (χ0) is 14.6. The van der Waals surface area contributed by atoms with Gasteiger partial charge in [-0.3, -0.25) is 4.99 Å². The van der Waals surface area contributed by atoms with Crippen molar-refractivity contribution in [1.82, 2.24) is 10.6 Å². The second kappa shape index (κ2) is 10.2. The molecule has 1 aromatic rings. The highest BCUT2D eigenvalue weighted by Crippen LogP contribution is 2.01. The molecule has 0 aliphatic rings. The molecule has 0 atom stereocenters. The van der Waals surface area contributed by atoms with Gasteiger partial charge in [-0.2, -0.15) is 0 Å². The maximum atomic E-state index is 12.8. The normalized spacial score (nSPS) is 11.4. The van der Waals surface area contributed by atoms with E-state index in [0.29, 0.717) is 25.7 Å². The third-order valence-electron chi connectivity index (χ3n) is 2.78. The summed E-state index contributed by atoms with van der Waals surface area (Å²) in [5.41, 5.74) is 1.01. The number of rotatable bonds is 8. The van der Waals surface area contributed by atoms with Crippen molar-refractivity contribution in [3.63, 3.8) is 0 Å². The Morgan fingerprint density at radius 2 is 1.95 bits per heavy atom. The molecule has 0 aromatic heterocycles. The first-order valence-electron chi connectivity index (χ1n) is 7.03. The van der Waals surface area contributed by atoms with Crippen LogP contribution in [0, 0.1) is 5.82 Å². The van der Waals surface area contributed by atoms with Crippen LogP contribution in [0.4, 0.5) is 4.39 Å². The smallest absolute Gasteiger partial charge is 0.191 e. The number of hydrogen-bond donors (Lipinski definition) is 2. The molecule has 0 unspecified atom stereocenters. The van der Waals surface area contributed by atoms with Crippen LogP contribution in [0.5, 0.6) is 0 Å². The fraction of sp³-hybridized carbons (Fsp3) is 0.533. The minimum atomic E-state index is -0.222. The zero-order valence-corrected chi connectivity index (χ0v) is 12.3. The Kier molecular flexibility index (Phi) is 8.38. The number of benzene rings is 1. The van der Waals surface area contributed by atoms with E-state index in [0.717, 1.165) is 25.0 Å².